The molecule has 14 heavy (non-hydrogen) atoms. The van der Waals surface area contributed by atoms with E-state index < -0.39 is 10.1 Å². The Hall–Kier alpha value is -0.200. The van der Waals surface area contributed by atoms with Crippen LogP contribution in [0.25, 0.3) is 0 Å². The summed E-state index contributed by atoms with van der Waals surface area (Å²) in [4.78, 5) is 0. The van der Waals surface area contributed by atoms with Gasteiger partial charge in [-0.05, 0) is 6.42 Å². The first-order valence-corrected chi connectivity index (χ1v) is 5.91. The minimum absolute atomic E-state index is 0. The Balaban J connectivity index is -0.000000177. The summed E-state index contributed by atoms with van der Waals surface area (Å²) in [6, 6.07) is 0. The third-order valence-electron chi connectivity index (χ3n) is 0.756. The molecule has 0 saturated heterocycles. The summed E-state index contributed by atoms with van der Waals surface area (Å²) in [6.07, 6.45) is 1.33. The second kappa shape index (κ2) is 8.14. The van der Waals surface area contributed by atoms with Crippen molar-refractivity contribution in [2.24, 2.45) is 0 Å². The second-order valence-corrected chi connectivity index (χ2v) is 5.89. The zero-order valence-electron chi connectivity index (χ0n) is 9.62. The molecule has 0 bridgehead atoms. The van der Waals surface area contributed by atoms with Crippen LogP contribution in [-0.2, 0) is 10.1 Å². The van der Waals surface area contributed by atoms with Gasteiger partial charge in [0.25, 0.3) is 10.1 Å². The smallest absolute Gasteiger partial charge is 0.264 e. The molecule has 0 aromatic rings. The highest BCUT2D eigenvalue weighted by atomic mass is 32.2. The highest BCUT2D eigenvalue weighted by molar-refractivity contribution is 7.85. The minimum Gasteiger partial charge on any atom is -1.00 e. The van der Waals surface area contributed by atoms with Crippen molar-refractivity contribution in [3.05, 3.63) is 0 Å². The zero-order valence-corrected chi connectivity index (χ0v) is 10.4. The largest absolute Gasteiger partial charge is 1.00 e. The van der Waals surface area contributed by atoms with Gasteiger partial charge in [-0.3, -0.25) is 4.55 Å². The Morgan fingerprint density at radius 2 is 1.43 bits per heavy atom. The predicted octanol–water partition coefficient (Wildman–Crippen LogP) is -2.00. The summed E-state index contributed by atoms with van der Waals surface area (Å²) in [7, 11) is 4.81. The maximum absolute atomic E-state index is 9.95. The lowest BCUT2D eigenvalue weighted by Crippen LogP contribution is -3.00. The van der Waals surface area contributed by atoms with Crippen LogP contribution in [0, 0.1) is 0 Å². The van der Waals surface area contributed by atoms with Crippen LogP contribution in [0.1, 0.15) is 19.8 Å². The minimum atomic E-state index is -3.69. The fraction of sp³-hybridized carbons (Fsp3) is 1.00. The van der Waals surface area contributed by atoms with Gasteiger partial charge in [0.2, 0.25) is 0 Å². The van der Waals surface area contributed by atoms with E-state index in [-0.39, 0.29) is 10.5 Å². The molecule has 0 rings (SSSR count). The molecule has 0 saturated carbocycles. The number of halogens is 1. The van der Waals surface area contributed by atoms with E-state index in [1.807, 2.05) is 6.92 Å². The van der Waals surface area contributed by atoms with E-state index in [1.54, 1.807) is 0 Å². The van der Waals surface area contributed by atoms with Gasteiger partial charge in [-0.25, -0.2) is 0 Å². The van der Waals surface area contributed by atoms with Crippen molar-refractivity contribution in [1.82, 2.24) is 0 Å². The molecule has 0 aromatic carbocycles. The molecule has 0 heterocycles. The van der Waals surface area contributed by atoms with Crippen molar-refractivity contribution < 1.29 is 22.2 Å². The van der Waals surface area contributed by atoms with E-state index in [4.69, 9.17) is 4.55 Å². The van der Waals surface area contributed by atoms with Crippen LogP contribution in [0.2, 0.25) is 0 Å². The van der Waals surface area contributed by atoms with Crippen molar-refractivity contribution in [3.63, 3.8) is 0 Å². The first-order valence-electron chi connectivity index (χ1n) is 4.30. The van der Waals surface area contributed by atoms with E-state index in [2.05, 4.69) is 28.2 Å². The first-order chi connectivity index (χ1) is 5.56. The van der Waals surface area contributed by atoms with Crippen LogP contribution in [-0.4, -0.2) is 51.4 Å². The van der Waals surface area contributed by atoms with Crippen LogP contribution < -0.4 is 4.70 Å². The molecule has 6 heteroatoms. The van der Waals surface area contributed by atoms with Gasteiger partial charge in [-0.2, -0.15) is 8.42 Å². The molecule has 4 nitrogen and oxygen atoms in total. The van der Waals surface area contributed by atoms with Crippen molar-refractivity contribution in [2.45, 2.75) is 19.8 Å². The van der Waals surface area contributed by atoms with Gasteiger partial charge in [0, 0.05) is 0 Å². The summed E-state index contributed by atoms with van der Waals surface area (Å²) < 4.78 is 29.0. The molecule has 0 fully saturated rings. The quantitative estimate of drug-likeness (QED) is 0.451. The third kappa shape index (κ3) is 59.7. The second-order valence-electron chi connectivity index (χ2n) is 4.32. The molecule has 0 radical (unpaired) electrons. The van der Waals surface area contributed by atoms with E-state index in [1.165, 1.54) is 0 Å². The third-order valence-corrected chi connectivity index (χ3v) is 1.56. The maximum Gasteiger partial charge on any atom is 0.264 e. The molecule has 0 aliphatic rings. The molecule has 90 valence electrons. The molecule has 0 aliphatic heterocycles. The number of rotatable bonds is 3. The molecule has 0 atom stereocenters. The van der Waals surface area contributed by atoms with E-state index in [0.29, 0.717) is 6.42 Å². The number of hydrogen-bond donors (Lipinski definition) is 1. The Morgan fingerprint density at radius 3 is 1.50 bits per heavy atom. The van der Waals surface area contributed by atoms with E-state index >= 15 is 0 Å². The number of nitrogens with zero attached hydrogens (tertiary/aromatic N) is 1. The monoisotopic (exact) mass is 231 g/mol. The topological polar surface area (TPSA) is 54.4 Å². The van der Waals surface area contributed by atoms with Gasteiger partial charge in [-0.15, -0.1) is 0 Å². The summed E-state index contributed by atoms with van der Waals surface area (Å²) in [6.45, 7) is 1.87. The zero-order chi connectivity index (χ0) is 11.1. The van der Waals surface area contributed by atoms with Crippen molar-refractivity contribution in [1.29, 1.82) is 0 Å². The van der Waals surface area contributed by atoms with Gasteiger partial charge in [0.15, 0.2) is 0 Å². The van der Waals surface area contributed by atoms with E-state index in [0.717, 1.165) is 10.9 Å². The number of unbranched alkanes of at least 4 members (excludes halogenated alkanes) is 1. The summed E-state index contributed by atoms with van der Waals surface area (Å²) >= 11 is 0. The van der Waals surface area contributed by atoms with Crippen molar-refractivity contribution in [3.8, 4) is 0 Å². The molecule has 0 aliphatic carbocycles. The molecule has 0 amide bonds. The molecular weight excluding hydrogens is 209 g/mol. The van der Waals surface area contributed by atoms with Crippen LogP contribution in [0.4, 0.5) is 0 Å². The Kier molecular flexibility index (Phi) is 11.3. The van der Waals surface area contributed by atoms with Gasteiger partial charge < -0.3 is 9.19 Å². The van der Waals surface area contributed by atoms with Crippen LogP contribution in [0.5, 0.6) is 0 Å². The Labute approximate surface area is 86.6 Å². The average Bonchev–Trinajstić information content (AvgIpc) is 1.77. The van der Waals surface area contributed by atoms with Crippen LogP contribution in [0.15, 0.2) is 0 Å². The lowest BCUT2D eigenvalue weighted by molar-refractivity contribution is -0.849. The summed E-state index contributed by atoms with van der Waals surface area (Å²) in [5.41, 5.74) is 0. The van der Waals surface area contributed by atoms with Crippen molar-refractivity contribution in [2.75, 3.05) is 33.9 Å². The van der Waals surface area contributed by atoms with Gasteiger partial charge in [-0.1, -0.05) is 13.3 Å². The normalized spacial score (nSPS) is 11.0. The highest BCUT2D eigenvalue weighted by Gasteiger charge is 2.00. The summed E-state index contributed by atoms with van der Waals surface area (Å²) in [5, 5.41) is 0. The van der Waals surface area contributed by atoms with Crippen LogP contribution >= 0.6 is 0 Å². The lowest BCUT2D eigenvalue weighted by Gasteiger charge is -2.14. The number of hydrogen-bond acceptors (Lipinski definition) is 2. The molecule has 0 unspecified atom stereocenters. The SMILES string of the molecule is CCCCS(=O)(=O)O.C[N+](C)(C)C.[F-]. The fourth-order valence-corrected chi connectivity index (χ4v) is 0.980. The molecule has 1 N–H and O–H groups in total. The lowest BCUT2D eigenvalue weighted by atomic mass is 10.4. The number of quaternary nitrogens is 1. The standard InChI is InChI=1S/C4H12N.C4H10O3S.FH/c1-5(2,3)4;1-2-3-4-8(5,6)7;/h1-4H3;2-4H2,1H3,(H,5,6,7);1H/q+1;;/p-1. The van der Waals surface area contributed by atoms with Crippen LogP contribution in [0.3, 0.4) is 0 Å². The Bertz CT molecular complexity index is 203. The molecule has 0 spiro atoms. The Morgan fingerprint density at radius 1 is 1.14 bits per heavy atom. The molecular formula is C8H22FNO3S. The average molecular weight is 231 g/mol. The predicted molar refractivity (Wildman–Crippen MR) is 55.3 cm³/mol. The van der Waals surface area contributed by atoms with E-state index in [9.17, 15) is 8.42 Å². The fourth-order valence-electron chi connectivity index (χ4n) is 0.327. The van der Waals surface area contributed by atoms with Gasteiger partial charge in [0.1, 0.15) is 0 Å². The first kappa shape index (κ1) is 19.4. The maximum atomic E-state index is 9.95. The summed E-state index contributed by atoms with van der Waals surface area (Å²) in [5.74, 6) is -0.108. The highest BCUT2D eigenvalue weighted by Crippen LogP contribution is 1.90. The molecule has 0 aromatic heterocycles. The van der Waals surface area contributed by atoms with Crippen molar-refractivity contribution >= 4 is 10.1 Å². The van der Waals surface area contributed by atoms with Gasteiger partial charge in [0.05, 0.1) is 33.9 Å². The van der Waals surface area contributed by atoms with Gasteiger partial charge >= 0.3 is 0 Å².